The Hall–Kier alpha value is -1.85. The fraction of sp³-hybridized carbons (Fsp3) is 0.267. The average molecular weight is 291 g/mol. The van der Waals surface area contributed by atoms with Gasteiger partial charge in [-0.15, -0.1) is 11.3 Å². The van der Waals surface area contributed by atoms with Gasteiger partial charge in [-0.1, -0.05) is 18.2 Å². The smallest absolute Gasteiger partial charge is 0.345 e. The van der Waals surface area contributed by atoms with Crippen LogP contribution in [0.15, 0.2) is 36.4 Å². The van der Waals surface area contributed by atoms with Gasteiger partial charge in [0, 0.05) is 23.0 Å². The number of carboxylic acid groups (broad SMARTS) is 1. The van der Waals surface area contributed by atoms with Gasteiger partial charge < -0.3 is 15.2 Å². The summed E-state index contributed by atoms with van der Waals surface area (Å²) >= 11 is 1.29. The Morgan fingerprint density at radius 1 is 1.35 bits per heavy atom. The highest BCUT2D eigenvalue weighted by Crippen LogP contribution is 2.25. The molecule has 0 bridgehead atoms. The van der Waals surface area contributed by atoms with Crippen LogP contribution in [0.2, 0.25) is 0 Å². The fourth-order valence-corrected chi connectivity index (χ4v) is 2.77. The third kappa shape index (κ3) is 3.37. The van der Waals surface area contributed by atoms with Gasteiger partial charge in [-0.2, -0.15) is 0 Å². The minimum absolute atomic E-state index is 0.126. The van der Waals surface area contributed by atoms with E-state index >= 15 is 0 Å². The third-order valence-corrected chi connectivity index (χ3v) is 4.13. The predicted molar refractivity (Wildman–Crippen MR) is 79.5 cm³/mol. The maximum atomic E-state index is 10.8. The molecule has 0 saturated heterocycles. The number of hydrogen-bond donors (Lipinski definition) is 2. The van der Waals surface area contributed by atoms with Crippen molar-refractivity contribution in [1.29, 1.82) is 0 Å². The molecule has 0 aliphatic heterocycles. The first kappa shape index (κ1) is 14.6. The zero-order valence-corrected chi connectivity index (χ0v) is 12.2. The first-order chi connectivity index (χ1) is 9.61. The first-order valence-electron chi connectivity index (χ1n) is 6.30. The van der Waals surface area contributed by atoms with Crippen LogP contribution in [0.25, 0.3) is 0 Å². The second-order valence-corrected chi connectivity index (χ2v) is 5.58. The molecule has 2 aromatic rings. The topological polar surface area (TPSA) is 58.6 Å². The van der Waals surface area contributed by atoms with Crippen LogP contribution in [-0.4, -0.2) is 18.2 Å². The number of ether oxygens (including phenoxy) is 1. The molecule has 0 fully saturated rings. The summed E-state index contributed by atoms with van der Waals surface area (Å²) in [4.78, 5) is 12.2. The number of benzene rings is 1. The van der Waals surface area contributed by atoms with Crippen molar-refractivity contribution in [3.05, 3.63) is 51.7 Å². The van der Waals surface area contributed by atoms with Gasteiger partial charge in [0.1, 0.15) is 10.6 Å². The second-order valence-electron chi connectivity index (χ2n) is 4.42. The molecule has 0 amide bonds. The summed E-state index contributed by atoms with van der Waals surface area (Å²) in [6.45, 7) is 2.70. The molecule has 2 N–H and O–H groups in total. The van der Waals surface area contributed by atoms with Gasteiger partial charge >= 0.3 is 5.97 Å². The Kier molecular flexibility index (Phi) is 4.76. The molecule has 2 rings (SSSR count). The molecule has 0 saturated carbocycles. The van der Waals surface area contributed by atoms with Crippen LogP contribution in [0.5, 0.6) is 5.75 Å². The minimum atomic E-state index is -0.876. The Bertz CT molecular complexity index is 594. The van der Waals surface area contributed by atoms with E-state index in [2.05, 4.69) is 12.2 Å². The molecule has 0 aliphatic carbocycles. The van der Waals surface area contributed by atoms with E-state index in [9.17, 15) is 4.79 Å². The molecule has 4 nitrogen and oxygen atoms in total. The van der Waals surface area contributed by atoms with Crippen LogP contribution >= 0.6 is 11.3 Å². The molecule has 0 aliphatic rings. The molecule has 5 heteroatoms. The average Bonchev–Trinajstić information content (AvgIpc) is 2.94. The van der Waals surface area contributed by atoms with Gasteiger partial charge in [0.15, 0.2) is 0 Å². The molecular weight excluding hydrogens is 274 g/mol. The van der Waals surface area contributed by atoms with Crippen molar-refractivity contribution in [3.63, 3.8) is 0 Å². The van der Waals surface area contributed by atoms with E-state index in [1.165, 1.54) is 11.3 Å². The predicted octanol–water partition coefficient (Wildman–Crippen LogP) is 3.31. The summed E-state index contributed by atoms with van der Waals surface area (Å²) in [5.41, 5.74) is 1.09. The number of aromatic carboxylic acids is 1. The Balaban J connectivity index is 2.00. The highest BCUT2D eigenvalue weighted by atomic mass is 32.1. The number of carbonyl (C=O) groups is 1. The number of nitrogens with one attached hydrogen (secondary N) is 1. The number of methoxy groups -OCH3 is 1. The lowest BCUT2D eigenvalue weighted by molar-refractivity contribution is 0.0702. The van der Waals surface area contributed by atoms with Crippen molar-refractivity contribution < 1.29 is 14.6 Å². The second kappa shape index (κ2) is 6.54. The number of carboxylic acids is 1. The van der Waals surface area contributed by atoms with Gasteiger partial charge in [0.25, 0.3) is 0 Å². The SMILES string of the molecule is COc1ccccc1[C@@H](C)NCc1ccc(C(=O)O)s1. The van der Waals surface area contributed by atoms with E-state index in [4.69, 9.17) is 9.84 Å². The van der Waals surface area contributed by atoms with E-state index in [-0.39, 0.29) is 6.04 Å². The summed E-state index contributed by atoms with van der Waals surface area (Å²) in [6.07, 6.45) is 0. The summed E-state index contributed by atoms with van der Waals surface area (Å²) in [5.74, 6) is -0.0241. The van der Waals surface area contributed by atoms with Crippen molar-refractivity contribution in [2.45, 2.75) is 19.5 Å². The van der Waals surface area contributed by atoms with E-state index in [1.807, 2.05) is 30.3 Å². The summed E-state index contributed by atoms with van der Waals surface area (Å²) in [5, 5.41) is 12.3. The van der Waals surface area contributed by atoms with Crippen molar-refractivity contribution in [2.75, 3.05) is 7.11 Å². The summed E-state index contributed by atoms with van der Waals surface area (Å²) < 4.78 is 5.34. The molecule has 106 valence electrons. The normalized spacial score (nSPS) is 12.1. The van der Waals surface area contributed by atoms with Crippen molar-refractivity contribution in [3.8, 4) is 5.75 Å². The number of thiophene rings is 1. The number of para-hydroxylation sites is 1. The van der Waals surface area contributed by atoms with E-state index < -0.39 is 5.97 Å². The quantitative estimate of drug-likeness (QED) is 0.857. The van der Waals surface area contributed by atoms with Crippen LogP contribution in [0.4, 0.5) is 0 Å². The maximum Gasteiger partial charge on any atom is 0.345 e. The molecule has 0 spiro atoms. The molecule has 1 heterocycles. The zero-order valence-electron chi connectivity index (χ0n) is 11.4. The van der Waals surface area contributed by atoms with Gasteiger partial charge in [-0.3, -0.25) is 0 Å². The Morgan fingerprint density at radius 2 is 2.10 bits per heavy atom. The summed E-state index contributed by atoms with van der Waals surface area (Å²) in [7, 11) is 1.66. The molecule has 1 aromatic heterocycles. The van der Waals surface area contributed by atoms with Crippen molar-refractivity contribution in [2.24, 2.45) is 0 Å². The van der Waals surface area contributed by atoms with Gasteiger partial charge in [-0.05, 0) is 25.1 Å². The van der Waals surface area contributed by atoms with E-state index in [0.717, 1.165) is 16.2 Å². The van der Waals surface area contributed by atoms with Gasteiger partial charge in [-0.25, -0.2) is 4.79 Å². The van der Waals surface area contributed by atoms with Crippen molar-refractivity contribution >= 4 is 17.3 Å². The third-order valence-electron chi connectivity index (χ3n) is 3.06. The Morgan fingerprint density at radius 3 is 2.75 bits per heavy atom. The lowest BCUT2D eigenvalue weighted by Gasteiger charge is -2.16. The Labute approximate surface area is 122 Å². The lowest BCUT2D eigenvalue weighted by atomic mass is 10.1. The maximum absolute atomic E-state index is 10.8. The van der Waals surface area contributed by atoms with Crippen LogP contribution in [0.1, 0.15) is 33.1 Å². The number of hydrogen-bond acceptors (Lipinski definition) is 4. The first-order valence-corrected chi connectivity index (χ1v) is 7.11. The molecule has 20 heavy (non-hydrogen) atoms. The zero-order chi connectivity index (χ0) is 14.5. The van der Waals surface area contributed by atoms with Crippen LogP contribution in [-0.2, 0) is 6.54 Å². The standard InChI is InChI=1S/C15H17NO3S/c1-10(12-5-3-4-6-13(12)19-2)16-9-11-7-8-14(20-11)15(17)18/h3-8,10,16H,9H2,1-2H3,(H,17,18)/t10-/m1/s1. The van der Waals surface area contributed by atoms with E-state index in [0.29, 0.717) is 11.4 Å². The molecule has 0 unspecified atom stereocenters. The fourth-order valence-electron chi connectivity index (χ4n) is 1.98. The van der Waals surface area contributed by atoms with Crippen molar-refractivity contribution in [1.82, 2.24) is 5.32 Å². The van der Waals surface area contributed by atoms with Crippen LogP contribution in [0, 0.1) is 0 Å². The highest BCUT2D eigenvalue weighted by Gasteiger charge is 2.11. The van der Waals surface area contributed by atoms with Gasteiger partial charge in [0.2, 0.25) is 0 Å². The van der Waals surface area contributed by atoms with E-state index in [1.54, 1.807) is 13.2 Å². The molecule has 1 aromatic carbocycles. The molecule has 1 atom stereocenters. The minimum Gasteiger partial charge on any atom is -0.496 e. The monoisotopic (exact) mass is 291 g/mol. The van der Waals surface area contributed by atoms with Crippen LogP contribution in [0.3, 0.4) is 0 Å². The lowest BCUT2D eigenvalue weighted by Crippen LogP contribution is -2.18. The largest absolute Gasteiger partial charge is 0.496 e. The highest BCUT2D eigenvalue weighted by molar-refractivity contribution is 7.13. The summed E-state index contributed by atoms with van der Waals surface area (Å²) in [6, 6.07) is 11.5. The molecule has 0 radical (unpaired) electrons. The van der Waals surface area contributed by atoms with Gasteiger partial charge in [0.05, 0.1) is 7.11 Å². The molecular formula is C15H17NO3S. The van der Waals surface area contributed by atoms with Crippen LogP contribution < -0.4 is 10.1 Å². The number of rotatable bonds is 6.